The normalized spacial score (nSPS) is 9.08. The Labute approximate surface area is 84.3 Å². The van der Waals surface area contributed by atoms with E-state index in [2.05, 4.69) is 22.6 Å². The number of benzene rings is 1. The van der Waals surface area contributed by atoms with Gasteiger partial charge in [0.1, 0.15) is 0 Å². The number of aryl methyl sites for hydroxylation is 1. The molecule has 0 N–H and O–H groups in total. The lowest BCUT2D eigenvalue weighted by Crippen LogP contribution is -1.92. The largest absolute Gasteiger partial charge is 0.298 e. The van der Waals surface area contributed by atoms with Gasteiger partial charge in [0.2, 0.25) is 0 Å². The van der Waals surface area contributed by atoms with Crippen LogP contribution in [0.4, 0.5) is 0 Å². The van der Waals surface area contributed by atoms with Gasteiger partial charge < -0.3 is 0 Å². The number of hydrogen-bond donors (Lipinski definition) is 0. The first-order chi connectivity index (χ1) is 5.69. The molecule has 2 nitrogen and oxygen atoms in total. The standard InChI is InChI=1S/C9H6INO/c1-6-2-8(10)3-7(4-11)9(6)5-12/h2-3,5H,1H3. The van der Waals surface area contributed by atoms with Crippen LogP contribution in [0.5, 0.6) is 0 Å². The molecular formula is C9H6INO. The Balaban J connectivity index is 3.46. The Bertz CT molecular complexity index is 366. The van der Waals surface area contributed by atoms with E-state index in [4.69, 9.17) is 5.26 Å². The summed E-state index contributed by atoms with van der Waals surface area (Å²) in [6.45, 7) is 1.83. The molecule has 0 aliphatic carbocycles. The average molecular weight is 271 g/mol. The maximum absolute atomic E-state index is 10.6. The summed E-state index contributed by atoms with van der Waals surface area (Å²) in [5, 5.41) is 8.69. The topological polar surface area (TPSA) is 40.9 Å². The van der Waals surface area contributed by atoms with Gasteiger partial charge in [0, 0.05) is 9.13 Å². The Kier molecular flexibility index (Phi) is 2.82. The molecule has 0 spiro atoms. The van der Waals surface area contributed by atoms with Crippen molar-refractivity contribution in [3.8, 4) is 6.07 Å². The summed E-state index contributed by atoms with van der Waals surface area (Å²) >= 11 is 2.12. The van der Waals surface area contributed by atoms with E-state index in [1.54, 1.807) is 6.07 Å². The molecule has 0 amide bonds. The van der Waals surface area contributed by atoms with Crippen LogP contribution in [0.3, 0.4) is 0 Å². The fourth-order valence-electron chi connectivity index (χ4n) is 1.00. The molecule has 0 aliphatic rings. The first kappa shape index (κ1) is 9.20. The molecule has 1 aromatic rings. The zero-order valence-electron chi connectivity index (χ0n) is 6.47. The number of carbonyl (C=O) groups excluding carboxylic acids is 1. The number of nitrogens with zero attached hydrogens (tertiary/aromatic N) is 1. The van der Waals surface area contributed by atoms with Crippen LogP contribution in [0.1, 0.15) is 21.5 Å². The van der Waals surface area contributed by atoms with Crippen molar-refractivity contribution in [3.05, 3.63) is 32.4 Å². The molecule has 0 atom stereocenters. The third-order valence-corrected chi connectivity index (χ3v) is 2.21. The van der Waals surface area contributed by atoms with E-state index < -0.39 is 0 Å². The van der Waals surface area contributed by atoms with Crippen LogP contribution >= 0.6 is 22.6 Å². The molecule has 0 saturated heterocycles. The van der Waals surface area contributed by atoms with Crippen molar-refractivity contribution in [1.82, 2.24) is 0 Å². The van der Waals surface area contributed by atoms with Gasteiger partial charge in [0.15, 0.2) is 6.29 Å². The molecule has 0 bridgehead atoms. The van der Waals surface area contributed by atoms with E-state index in [0.717, 1.165) is 15.4 Å². The van der Waals surface area contributed by atoms with Crippen LogP contribution in [-0.4, -0.2) is 6.29 Å². The zero-order valence-corrected chi connectivity index (χ0v) is 8.62. The smallest absolute Gasteiger partial charge is 0.151 e. The van der Waals surface area contributed by atoms with Crippen LogP contribution in [0.2, 0.25) is 0 Å². The third kappa shape index (κ3) is 1.64. The van der Waals surface area contributed by atoms with E-state index in [0.29, 0.717) is 11.1 Å². The zero-order chi connectivity index (χ0) is 9.14. The number of halogens is 1. The van der Waals surface area contributed by atoms with Crippen LogP contribution in [0.15, 0.2) is 12.1 Å². The molecule has 0 aliphatic heterocycles. The highest BCUT2D eigenvalue weighted by Crippen LogP contribution is 2.16. The number of carbonyl (C=O) groups is 1. The highest BCUT2D eigenvalue weighted by molar-refractivity contribution is 14.1. The van der Waals surface area contributed by atoms with Crippen molar-refractivity contribution < 1.29 is 4.79 Å². The van der Waals surface area contributed by atoms with Crippen LogP contribution in [0, 0.1) is 21.8 Å². The van der Waals surface area contributed by atoms with Gasteiger partial charge in [0.05, 0.1) is 11.6 Å². The minimum atomic E-state index is 0.453. The molecule has 0 heterocycles. The van der Waals surface area contributed by atoms with E-state index in [9.17, 15) is 4.79 Å². The minimum absolute atomic E-state index is 0.453. The average Bonchev–Trinajstić information content (AvgIpc) is 2.03. The second-order valence-electron chi connectivity index (χ2n) is 2.41. The molecule has 0 fully saturated rings. The summed E-state index contributed by atoms with van der Waals surface area (Å²) in [4.78, 5) is 10.6. The molecule has 60 valence electrons. The van der Waals surface area contributed by atoms with Gasteiger partial charge in [-0.3, -0.25) is 4.79 Å². The molecule has 1 aromatic carbocycles. The monoisotopic (exact) mass is 271 g/mol. The maximum Gasteiger partial charge on any atom is 0.151 e. The Morgan fingerprint density at radius 1 is 1.58 bits per heavy atom. The quantitative estimate of drug-likeness (QED) is 0.580. The summed E-state index contributed by atoms with van der Waals surface area (Å²) in [5.74, 6) is 0. The molecule has 1 rings (SSSR count). The number of rotatable bonds is 1. The molecule has 12 heavy (non-hydrogen) atoms. The predicted molar refractivity (Wildman–Crippen MR) is 54.0 cm³/mol. The Morgan fingerprint density at radius 2 is 2.25 bits per heavy atom. The second-order valence-corrected chi connectivity index (χ2v) is 3.66. The van der Waals surface area contributed by atoms with E-state index in [1.165, 1.54) is 0 Å². The summed E-state index contributed by atoms with van der Waals surface area (Å²) in [7, 11) is 0. The lowest BCUT2D eigenvalue weighted by atomic mass is 10.0. The third-order valence-electron chi connectivity index (χ3n) is 1.59. The first-order valence-electron chi connectivity index (χ1n) is 3.34. The van der Waals surface area contributed by atoms with E-state index in [1.807, 2.05) is 19.1 Å². The van der Waals surface area contributed by atoms with Crippen LogP contribution < -0.4 is 0 Å². The van der Waals surface area contributed by atoms with E-state index >= 15 is 0 Å². The van der Waals surface area contributed by atoms with Crippen molar-refractivity contribution in [2.45, 2.75) is 6.92 Å². The lowest BCUT2D eigenvalue weighted by Gasteiger charge is -2.00. The summed E-state index contributed by atoms with van der Waals surface area (Å²) < 4.78 is 0.979. The molecule has 0 saturated carbocycles. The summed E-state index contributed by atoms with van der Waals surface area (Å²) in [5.41, 5.74) is 1.81. The van der Waals surface area contributed by atoms with Crippen molar-refractivity contribution >= 4 is 28.9 Å². The van der Waals surface area contributed by atoms with Gasteiger partial charge >= 0.3 is 0 Å². The fourth-order valence-corrected chi connectivity index (χ4v) is 1.78. The van der Waals surface area contributed by atoms with Gasteiger partial charge in [-0.05, 0) is 47.2 Å². The van der Waals surface area contributed by atoms with Gasteiger partial charge in [-0.1, -0.05) is 0 Å². The number of hydrogen-bond acceptors (Lipinski definition) is 2. The number of aldehydes is 1. The molecule has 0 unspecified atom stereocenters. The van der Waals surface area contributed by atoms with Gasteiger partial charge in [0.25, 0.3) is 0 Å². The Hall–Kier alpha value is -0.890. The van der Waals surface area contributed by atoms with Crippen molar-refractivity contribution in [3.63, 3.8) is 0 Å². The summed E-state index contributed by atoms with van der Waals surface area (Å²) in [6.07, 6.45) is 0.726. The Morgan fingerprint density at radius 3 is 2.75 bits per heavy atom. The lowest BCUT2D eigenvalue weighted by molar-refractivity contribution is 0.112. The highest BCUT2D eigenvalue weighted by Gasteiger charge is 2.04. The van der Waals surface area contributed by atoms with Crippen molar-refractivity contribution in [2.75, 3.05) is 0 Å². The van der Waals surface area contributed by atoms with Gasteiger partial charge in [-0.15, -0.1) is 0 Å². The van der Waals surface area contributed by atoms with Crippen LogP contribution in [-0.2, 0) is 0 Å². The van der Waals surface area contributed by atoms with Gasteiger partial charge in [-0.25, -0.2) is 0 Å². The van der Waals surface area contributed by atoms with E-state index in [-0.39, 0.29) is 0 Å². The minimum Gasteiger partial charge on any atom is -0.298 e. The maximum atomic E-state index is 10.6. The number of nitriles is 1. The summed E-state index contributed by atoms with van der Waals surface area (Å²) in [6, 6.07) is 5.58. The molecule has 0 radical (unpaired) electrons. The fraction of sp³-hybridized carbons (Fsp3) is 0.111. The molecule has 0 aromatic heterocycles. The SMILES string of the molecule is Cc1cc(I)cc(C#N)c1C=O. The molecule has 3 heteroatoms. The second kappa shape index (κ2) is 3.68. The first-order valence-corrected chi connectivity index (χ1v) is 4.42. The molecular weight excluding hydrogens is 265 g/mol. The van der Waals surface area contributed by atoms with Crippen molar-refractivity contribution in [2.24, 2.45) is 0 Å². The van der Waals surface area contributed by atoms with Gasteiger partial charge in [-0.2, -0.15) is 5.26 Å². The predicted octanol–water partition coefficient (Wildman–Crippen LogP) is 2.28. The highest BCUT2D eigenvalue weighted by atomic mass is 127. The van der Waals surface area contributed by atoms with Crippen LogP contribution in [0.25, 0.3) is 0 Å². The van der Waals surface area contributed by atoms with Crippen molar-refractivity contribution in [1.29, 1.82) is 5.26 Å².